The van der Waals surface area contributed by atoms with Crippen molar-refractivity contribution in [2.75, 3.05) is 4.72 Å². The largest absolute Gasteiger partial charge is 0.366 e. The zero-order valence-electron chi connectivity index (χ0n) is 10.8. The maximum absolute atomic E-state index is 12.5. The Bertz CT molecular complexity index is 856. The van der Waals surface area contributed by atoms with Gasteiger partial charge in [-0.25, -0.2) is 8.42 Å². The average molecular weight is 469 g/mol. The molecule has 0 saturated carbocycles. The van der Waals surface area contributed by atoms with Gasteiger partial charge < -0.3 is 5.73 Å². The Hall–Kier alpha value is -1.09. The Balaban J connectivity index is 2.47. The highest BCUT2D eigenvalue weighted by Crippen LogP contribution is 2.30. The molecule has 1 amide bonds. The SMILES string of the molecule is NC(=O)c1ccc(Cl)c(NS(=O)(=O)c2cc(Br)ccc2Br)c1. The molecule has 0 aliphatic rings. The molecule has 0 heterocycles. The molecule has 0 aromatic heterocycles. The molecular formula is C13H9Br2ClN2O3S. The minimum Gasteiger partial charge on any atom is -0.366 e. The summed E-state index contributed by atoms with van der Waals surface area (Å²) >= 11 is 12.4. The first-order chi connectivity index (χ1) is 10.2. The first-order valence-electron chi connectivity index (χ1n) is 5.78. The van der Waals surface area contributed by atoms with Crippen LogP contribution in [0.15, 0.2) is 50.2 Å². The number of hydrogen-bond acceptors (Lipinski definition) is 3. The minimum absolute atomic E-state index is 0.0300. The molecule has 2 aromatic rings. The van der Waals surface area contributed by atoms with Crippen molar-refractivity contribution in [1.29, 1.82) is 0 Å². The number of hydrogen-bond donors (Lipinski definition) is 2. The van der Waals surface area contributed by atoms with Crippen LogP contribution in [0, 0.1) is 0 Å². The van der Waals surface area contributed by atoms with E-state index < -0.39 is 15.9 Å². The van der Waals surface area contributed by atoms with E-state index in [1.165, 1.54) is 24.3 Å². The molecule has 0 fully saturated rings. The van der Waals surface area contributed by atoms with Gasteiger partial charge >= 0.3 is 0 Å². The summed E-state index contributed by atoms with van der Waals surface area (Å²) in [6, 6.07) is 8.84. The number of benzene rings is 2. The van der Waals surface area contributed by atoms with Crippen LogP contribution >= 0.6 is 43.5 Å². The van der Waals surface area contributed by atoms with Crippen LogP contribution in [0.25, 0.3) is 0 Å². The van der Waals surface area contributed by atoms with E-state index in [0.717, 1.165) is 0 Å². The summed E-state index contributed by atoms with van der Waals surface area (Å²) in [4.78, 5) is 11.2. The van der Waals surface area contributed by atoms with Crippen LogP contribution in [0.3, 0.4) is 0 Å². The van der Waals surface area contributed by atoms with E-state index in [-0.39, 0.29) is 21.2 Å². The predicted octanol–water partition coefficient (Wildman–Crippen LogP) is 3.76. The fourth-order valence-corrected chi connectivity index (χ4v) is 4.43. The lowest BCUT2D eigenvalue weighted by Gasteiger charge is -2.12. The first kappa shape index (κ1) is 17.3. The highest BCUT2D eigenvalue weighted by molar-refractivity contribution is 9.11. The Morgan fingerprint density at radius 2 is 1.82 bits per heavy atom. The standard InChI is InChI=1S/C13H9Br2ClN2O3S/c14-8-2-3-9(15)12(6-8)22(20,21)18-11-5-7(13(17)19)1-4-10(11)16/h1-6,18H,(H2,17,19). The van der Waals surface area contributed by atoms with Crippen molar-refractivity contribution < 1.29 is 13.2 Å². The Morgan fingerprint density at radius 3 is 2.45 bits per heavy atom. The van der Waals surface area contributed by atoms with Crippen LogP contribution in [-0.2, 0) is 10.0 Å². The summed E-state index contributed by atoms with van der Waals surface area (Å²) in [5.41, 5.74) is 5.40. The van der Waals surface area contributed by atoms with Crippen molar-refractivity contribution in [1.82, 2.24) is 0 Å². The smallest absolute Gasteiger partial charge is 0.263 e. The molecule has 0 unspecified atom stereocenters. The summed E-state index contributed by atoms with van der Waals surface area (Å²) in [7, 11) is -3.89. The lowest BCUT2D eigenvalue weighted by atomic mass is 10.2. The molecule has 0 spiro atoms. The summed E-state index contributed by atoms with van der Waals surface area (Å²) in [5, 5.41) is 0.152. The van der Waals surface area contributed by atoms with E-state index in [9.17, 15) is 13.2 Å². The van der Waals surface area contributed by atoms with Crippen molar-refractivity contribution in [3.8, 4) is 0 Å². The zero-order valence-corrected chi connectivity index (χ0v) is 15.6. The van der Waals surface area contributed by atoms with E-state index in [4.69, 9.17) is 17.3 Å². The monoisotopic (exact) mass is 466 g/mol. The summed E-state index contributed by atoms with van der Waals surface area (Å²) in [6.07, 6.45) is 0. The van der Waals surface area contributed by atoms with E-state index in [1.54, 1.807) is 12.1 Å². The molecule has 0 atom stereocenters. The Kier molecular flexibility index (Phi) is 5.16. The second kappa shape index (κ2) is 6.57. The fourth-order valence-electron chi connectivity index (χ4n) is 1.64. The molecule has 0 saturated heterocycles. The molecule has 2 rings (SSSR count). The van der Waals surface area contributed by atoms with Gasteiger partial charge in [-0.15, -0.1) is 0 Å². The van der Waals surface area contributed by atoms with Gasteiger partial charge in [0.05, 0.1) is 10.7 Å². The number of carbonyl (C=O) groups is 1. The normalized spacial score (nSPS) is 11.2. The van der Waals surface area contributed by atoms with Gasteiger partial charge in [-0.2, -0.15) is 0 Å². The Labute approximate surface area is 149 Å². The number of primary amides is 1. The van der Waals surface area contributed by atoms with E-state index in [2.05, 4.69) is 36.6 Å². The number of amides is 1. The second-order valence-electron chi connectivity index (χ2n) is 4.24. The summed E-state index contributed by atoms with van der Waals surface area (Å²) in [6.45, 7) is 0. The van der Waals surface area contributed by atoms with E-state index in [0.29, 0.717) is 8.95 Å². The zero-order chi connectivity index (χ0) is 16.5. The maximum atomic E-state index is 12.5. The molecule has 5 nitrogen and oxygen atoms in total. The van der Waals surface area contributed by atoms with Gasteiger partial charge in [0.25, 0.3) is 10.0 Å². The number of carbonyl (C=O) groups excluding carboxylic acids is 1. The third-order valence-electron chi connectivity index (χ3n) is 2.68. The first-order valence-corrected chi connectivity index (χ1v) is 9.22. The van der Waals surface area contributed by atoms with Crippen molar-refractivity contribution in [3.05, 3.63) is 55.9 Å². The van der Waals surface area contributed by atoms with Gasteiger partial charge in [0.15, 0.2) is 0 Å². The number of sulfonamides is 1. The predicted molar refractivity (Wildman–Crippen MR) is 92.6 cm³/mol. The molecule has 0 aliphatic heterocycles. The van der Waals surface area contributed by atoms with Crippen LogP contribution in [0.1, 0.15) is 10.4 Å². The molecular weight excluding hydrogens is 459 g/mol. The van der Waals surface area contributed by atoms with E-state index >= 15 is 0 Å². The van der Waals surface area contributed by atoms with Crippen molar-refractivity contribution in [2.24, 2.45) is 5.73 Å². The molecule has 2 aromatic carbocycles. The van der Waals surface area contributed by atoms with Gasteiger partial charge in [-0.3, -0.25) is 9.52 Å². The number of nitrogens with one attached hydrogen (secondary N) is 1. The minimum atomic E-state index is -3.89. The fraction of sp³-hybridized carbons (Fsp3) is 0. The average Bonchev–Trinajstić information content (AvgIpc) is 2.43. The van der Waals surface area contributed by atoms with Crippen LogP contribution in [0.2, 0.25) is 5.02 Å². The highest BCUT2D eigenvalue weighted by Gasteiger charge is 2.20. The molecule has 116 valence electrons. The number of halogens is 3. The Morgan fingerprint density at radius 1 is 1.14 bits per heavy atom. The van der Waals surface area contributed by atoms with Crippen LogP contribution in [0.4, 0.5) is 5.69 Å². The van der Waals surface area contributed by atoms with Crippen LogP contribution < -0.4 is 10.5 Å². The lowest BCUT2D eigenvalue weighted by molar-refractivity contribution is 0.100. The molecule has 3 N–H and O–H groups in total. The summed E-state index contributed by atoms with van der Waals surface area (Å²) in [5.74, 6) is -0.680. The van der Waals surface area contributed by atoms with Crippen LogP contribution in [-0.4, -0.2) is 14.3 Å². The second-order valence-corrected chi connectivity index (χ2v) is 8.07. The van der Waals surface area contributed by atoms with Gasteiger partial charge in [0, 0.05) is 14.5 Å². The maximum Gasteiger partial charge on any atom is 0.263 e. The highest BCUT2D eigenvalue weighted by atomic mass is 79.9. The summed E-state index contributed by atoms with van der Waals surface area (Å²) < 4.78 is 28.3. The van der Waals surface area contributed by atoms with Gasteiger partial charge in [-0.1, -0.05) is 27.5 Å². The number of anilines is 1. The number of rotatable bonds is 4. The van der Waals surface area contributed by atoms with Gasteiger partial charge in [0.2, 0.25) is 5.91 Å². The van der Waals surface area contributed by atoms with Crippen LogP contribution in [0.5, 0.6) is 0 Å². The van der Waals surface area contributed by atoms with Gasteiger partial charge in [0.1, 0.15) is 4.90 Å². The molecule has 22 heavy (non-hydrogen) atoms. The molecule has 0 aliphatic carbocycles. The van der Waals surface area contributed by atoms with Crippen molar-refractivity contribution in [2.45, 2.75) is 4.90 Å². The molecule has 0 radical (unpaired) electrons. The molecule has 0 bridgehead atoms. The lowest BCUT2D eigenvalue weighted by Crippen LogP contribution is -2.16. The van der Waals surface area contributed by atoms with Crippen molar-refractivity contribution in [3.63, 3.8) is 0 Å². The quantitative estimate of drug-likeness (QED) is 0.716. The number of nitrogens with two attached hydrogens (primary N) is 1. The van der Waals surface area contributed by atoms with Gasteiger partial charge in [-0.05, 0) is 52.3 Å². The third kappa shape index (κ3) is 3.81. The molecule has 9 heteroatoms. The topological polar surface area (TPSA) is 89.3 Å². The van der Waals surface area contributed by atoms with E-state index in [1.807, 2.05) is 0 Å². The third-order valence-corrected chi connectivity index (χ3v) is 5.86. The van der Waals surface area contributed by atoms with Crippen molar-refractivity contribution >= 4 is 65.1 Å².